The van der Waals surface area contributed by atoms with Gasteiger partial charge in [-0.2, -0.15) is 5.26 Å². The van der Waals surface area contributed by atoms with E-state index in [9.17, 15) is 0 Å². The van der Waals surface area contributed by atoms with Gasteiger partial charge in [-0.1, -0.05) is 36.4 Å². The van der Waals surface area contributed by atoms with Crippen LogP contribution in [0.1, 0.15) is 5.56 Å². The van der Waals surface area contributed by atoms with Crippen LogP contribution in [0.3, 0.4) is 0 Å². The van der Waals surface area contributed by atoms with Crippen LogP contribution in [0.15, 0.2) is 48.5 Å². The Morgan fingerprint density at radius 1 is 1.10 bits per heavy atom. The first-order chi connectivity index (χ1) is 10.3. The highest BCUT2D eigenvalue weighted by atomic mass is 16.4. The van der Waals surface area contributed by atoms with Crippen molar-refractivity contribution in [1.29, 1.82) is 5.26 Å². The maximum absolute atomic E-state index is 8.86. The van der Waals surface area contributed by atoms with E-state index >= 15 is 0 Å². The summed E-state index contributed by atoms with van der Waals surface area (Å²) in [5.74, 6) is 0. The Kier molecular flexibility index (Phi) is 5.12. The highest BCUT2D eigenvalue weighted by Crippen LogP contribution is 2.08. The average Bonchev–Trinajstić information content (AvgIpc) is 2.56. The predicted octanol–water partition coefficient (Wildman–Crippen LogP) is 1.19. The first-order valence-corrected chi connectivity index (χ1v) is 6.57. The van der Waals surface area contributed by atoms with Crippen molar-refractivity contribution >= 4 is 23.5 Å². The van der Waals surface area contributed by atoms with E-state index in [2.05, 4.69) is 10.9 Å². The Morgan fingerprint density at radius 3 is 2.14 bits per heavy atom. The average molecular weight is 275 g/mol. The third kappa shape index (κ3) is 3.70. The van der Waals surface area contributed by atoms with Gasteiger partial charge in [-0.05, 0) is 23.1 Å². The molecule has 4 nitrogen and oxygen atoms in total. The van der Waals surface area contributed by atoms with Crippen molar-refractivity contribution in [2.45, 2.75) is 0 Å². The summed E-state index contributed by atoms with van der Waals surface area (Å²) in [5, 5.41) is 8.86. The maximum atomic E-state index is 8.86. The summed E-state index contributed by atoms with van der Waals surface area (Å²) < 4.78 is 5.83. The van der Waals surface area contributed by atoms with Gasteiger partial charge in [-0.3, -0.25) is 0 Å². The molecular formula is C16H14BN3O. The zero-order valence-electron chi connectivity index (χ0n) is 11.5. The summed E-state index contributed by atoms with van der Waals surface area (Å²) >= 11 is 0. The number of nitrogens with zero attached hydrogens (tertiary/aromatic N) is 2. The van der Waals surface area contributed by atoms with Crippen molar-refractivity contribution in [2.24, 2.45) is 5.73 Å². The number of nitrogens with two attached hydrogens (primary N) is 1. The van der Waals surface area contributed by atoms with Crippen molar-refractivity contribution < 1.29 is 4.65 Å². The molecule has 21 heavy (non-hydrogen) atoms. The number of nitriles is 1. The molecule has 0 unspecified atom stereocenters. The first kappa shape index (κ1) is 14.8. The summed E-state index contributed by atoms with van der Waals surface area (Å²) in [6, 6.07) is 16.7. The van der Waals surface area contributed by atoms with Gasteiger partial charge in [0.25, 0.3) is 0 Å². The number of benzene rings is 2. The van der Waals surface area contributed by atoms with Gasteiger partial charge in [0.05, 0.1) is 18.2 Å². The van der Waals surface area contributed by atoms with E-state index in [0.717, 1.165) is 10.9 Å². The second-order valence-corrected chi connectivity index (χ2v) is 4.48. The Labute approximate surface area is 124 Å². The van der Waals surface area contributed by atoms with Crippen LogP contribution < -0.4 is 16.7 Å². The van der Waals surface area contributed by atoms with Crippen molar-refractivity contribution in [3.63, 3.8) is 0 Å². The molecule has 2 aromatic carbocycles. The fraction of sp³-hybridized carbons (Fsp3) is 0.125. The molecule has 0 heterocycles. The molecule has 0 radical (unpaired) electrons. The van der Waals surface area contributed by atoms with E-state index in [1.807, 2.05) is 24.3 Å². The van der Waals surface area contributed by atoms with Gasteiger partial charge >= 0.3 is 6.92 Å². The minimum Gasteiger partial charge on any atom is -0.426 e. The van der Waals surface area contributed by atoms with Crippen LogP contribution in [-0.2, 0) is 4.65 Å². The van der Waals surface area contributed by atoms with E-state index in [1.54, 1.807) is 24.3 Å². The summed E-state index contributed by atoms with van der Waals surface area (Å²) in [5.41, 5.74) is 8.64. The predicted molar refractivity (Wildman–Crippen MR) is 83.9 cm³/mol. The smallest absolute Gasteiger partial charge is 0.361 e. The zero-order valence-corrected chi connectivity index (χ0v) is 11.5. The Bertz CT molecular complexity index is 611. The van der Waals surface area contributed by atoms with E-state index in [0.29, 0.717) is 24.4 Å². The van der Waals surface area contributed by atoms with Crippen molar-refractivity contribution in [1.82, 2.24) is 0 Å². The number of rotatable bonds is 5. The number of hydrogen-bond donors (Lipinski definition) is 1. The number of hydrogen-bond acceptors (Lipinski definition) is 3. The van der Waals surface area contributed by atoms with E-state index in [4.69, 9.17) is 22.2 Å². The minimum atomic E-state index is -0.249. The molecule has 0 spiro atoms. The molecule has 0 bridgehead atoms. The molecule has 2 rings (SSSR count). The molecule has 0 atom stereocenters. The van der Waals surface area contributed by atoms with Gasteiger partial charge < -0.3 is 10.4 Å². The highest BCUT2D eigenvalue weighted by Gasteiger charge is 2.21. The third-order valence-electron chi connectivity index (χ3n) is 3.07. The largest absolute Gasteiger partial charge is 0.426 e. The lowest BCUT2D eigenvalue weighted by molar-refractivity contribution is 0.344. The molecule has 0 saturated carbocycles. The third-order valence-corrected chi connectivity index (χ3v) is 3.07. The topological polar surface area (TPSA) is 63.4 Å². The first-order valence-electron chi connectivity index (χ1n) is 6.57. The fourth-order valence-corrected chi connectivity index (χ4v) is 2.03. The van der Waals surface area contributed by atoms with Gasteiger partial charge in [-0.25, -0.2) is 4.85 Å². The summed E-state index contributed by atoms with van der Waals surface area (Å²) in [4.78, 5) is 3.38. The monoisotopic (exact) mass is 275 g/mol. The molecular weight excluding hydrogens is 261 g/mol. The van der Waals surface area contributed by atoms with Crippen LogP contribution in [-0.4, -0.2) is 20.1 Å². The molecule has 2 N–H and O–H groups in total. The summed E-state index contributed by atoms with van der Waals surface area (Å²) in [6.07, 6.45) is 0. The molecule has 0 aliphatic rings. The quantitative estimate of drug-likeness (QED) is 0.658. The van der Waals surface area contributed by atoms with E-state index < -0.39 is 0 Å². The second-order valence-electron chi connectivity index (χ2n) is 4.48. The van der Waals surface area contributed by atoms with Crippen LogP contribution in [0.25, 0.3) is 4.85 Å². The molecule has 0 saturated heterocycles. The van der Waals surface area contributed by atoms with Crippen LogP contribution in [0.5, 0.6) is 0 Å². The van der Waals surface area contributed by atoms with Gasteiger partial charge in [0, 0.05) is 13.2 Å². The molecule has 5 heteroatoms. The van der Waals surface area contributed by atoms with Crippen molar-refractivity contribution in [3.05, 3.63) is 65.5 Å². The van der Waals surface area contributed by atoms with Crippen LogP contribution in [0, 0.1) is 17.9 Å². The SMILES string of the molecule is [C-]#[N+]c1ccc(B(OCCN)c2ccc(C#N)cc2)cc1. The summed E-state index contributed by atoms with van der Waals surface area (Å²) in [7, 11) is 0. The van der Waals surface area contributed by atoms with E-state index in [-0.39, 0.29) is 6.92 Å². The standard InChI is InChI=1S/C16H14BN3O/c1-20-16-8-6-15(7-9-16)17(21-11-10-18)14-4-2-13(12-19)3-5-14/h2-9H,10-11,18H2. The van der Waals surface area contributed by atoms with Gasteiger partial charge in [-0.15, -0.1) is 0 Å². The minimum absolute atomic E-state index is 0.249. The molecule has 2 aromatic rings. The van der Waals surface area contributed by atoms with E-state index in [1.165, 1.54) is 0 Å². The summed E-state index contributed by atoms with van der Waals surface area (Å²) in [6.45, 7) is 7.62. The lowest BCUT2D eigenvalue weighted by Crippen LogP contribution is -2.45. The normalized spacial score (nSPS) is 9.67. The molecule has 0 fully saturated rings. The molecule has 102 valence electrons. The zero-order chi connectivity index (χ0) is 15.1. The van der Waals surface area contributed by atoms with Crippen LogP contribution in [0.4, 0.5) is 5.69 Å². The lowest BCUT2D eigenvalue weighted by atomic mass is 9.55. The fourth-order valence-electron chi connectivity index (χ4n) is 2.03. The Morgan fingerprint density at radius 2 is 1.67 bits per heavy atom. The lowest BCUT2D eigenvalue weighted by Gasteiger charge is -2.15. The Hall–Kier alpha value is -2.60. The molecule has 0 amide bonds. The van der Waals surface area contributed by atoms with Crippen LogP contribution in [0.2, 0.25) is 0 Å². The van der Waals surface area contributed by atoms with Gasteiger partial charge in [0.1, 0.15) is 0 Å². The molecule has 0 aliphatic heterocycles. The maximum Gasteiger partial charge on any atom is 0.361 e. The van der Waals surface area contributed by atoms with Gasteiger partial charge in [0.2, 0.25) is 0 Å². The second kappa shape index (κ2) is 7.26. The highest BCUT2D eigenvalue weighted by molar-refractivity contribution is 6.80. The van der Waals surface area contributed by atoms with Crippen molar-refractivity contribution in [3.8, 4) is 6.07 Å². The van der Waals surface area contributed by atoms with Crippen molar-refractivity contribution in [2.75, 3.05) is 13.2 Å². The molecule has 0 aromatic heterocycles. The molecule has 0 aliphatic carbocycles. The van der Waals surface area contributed by atoms with Crippen LogP contribution >= 0.6 is 0 Å². The van der Waals surface area contributed by atoms with Gasteiger partial charge in [0.15, 0.2) is 5.69 Å². The Balaban J connectivity index is 2.32.